The molecule has 0 aromatic heterocycles. The summed E-state index contributed by atoms with van der Waals surface area (Å²) >= 11 is 0. The van der Waals surface area contributed by atoms with Gasteiger partial charge >= 0.3 is 12.1 Å². The fourth-order valence-electron chi connectivity index (χ4n) is 4.57. The molecule has 196 valence electrons. The van der Waals surface area contributed by atoms with Crippen LogP contribution in [0.4, 0.5) is 13.6 Å². The Morgan fingerprint density at radius 2 is 1.60 bits per heavy atom. The molecule has 0 bridgehead atoms. The van der Waals surface area contributed by atoms with Crippen molar-refractivity contribution >= 4 is 12.1 Å². The lowest BCUT2D eigenvalue weighted by Gasteiger charge is -2.34. The van der Waals surface area contributed by atoms with Gasteiger partial charge in [-0.15, -0.1) is 0 Å². The average molecular weight is 497 g/mol. The second-order valence-corrected chi connectivity index (χ2v) is 10.4. The summed E-state index contributed by atoms with van der Waals surface area (Å²) in [5.74, 6) is -1.88. The van der Waals surface area contributed by atoms with E-state index < -0.39 is 17.2 Å². The van der Waals surface area contributed by atoms with Crippen molar-refractivity contribution in [2.24, 2.45) is 0 Å². The van der Waals surface area contributed by atoms with E-state index in [0.29, 0.717) is 38.1 Å². The highest BCUT2D eigenvalue weighted by atomic mass is 19.1. The lowest BCUT2D eigenvalue weighted by Crippen LogP contribution is -2.44. The van der Waals surface area contributed by atoms with Gasteiger partial charge in [-0.25, -0.2) is 13.6 Å². The monoisotopic (exact) mass is 496 g/mol. The van der Waals surface area contributed by atoms with E-state index >= 15 is 0 Å². The van der Waals surface area contributed by atoms with Crippen LogP contribution in [0.25, 0.3) is 0 Å². The van der Waals surface area contributed by atoms with E-state index in [-0.39, 0.29) is 29.8 Å². The van der Waals surface area contributed by atoms with Gasteiger partial charge in [0.05, 0.1) is 6.61 Å². The van der Waals surface area contributed by atoms with Crippen LogP contribution in [0.5, 0.6) is 5.75 Å². The van der Waals surface area contributed by atoms with Crippen molar-refractivity contribution in [2.75, 3.05) is 39.3 Å². The first-order valence-electron chi connectivity index (χ1n) is 12.5. The molecule has 2 heterocycles. The molecular weight excluding hydrogens is 458 g/mol. The van der Waals surface area contributed by atoms with Gasteiger partial charge in [-0.3, -0.25) is 4.79 Å². The standard InChI is InChI=1S/C26H38F2N2O5/c1-18(31)33-15-5-10-29-11-6-19(7-12-29)20-16-22(27)24(23(28)17-20)34-21-8-13-30(14-9-21)25(32)35-26(2,3)4/h16-17,19,21H,5-15H2,1-4H3. The molecule has 2 aliphatic rings. The van der Waals surface area contributed by atoms with Crippen LogP contribution in [0.1, 0.15) is 71.3 Å². The number of carbonyl (C=O) groups excluding carboxylic acids is 2. The van der Waals surface area contributed by atoms with Crippen molar-refractivity contribution in [2.45, 2.75) is 77.4 Å². The molecule has 2 saturated heterocycles. The molecule has 0 aliphatic carbocycles. The molecule has 0 N–H and O–H groups in total. The summed E-state index contributed by atoms with van der Waals surface area (Å²) in [5.41, 5.74) is 0.0898. The second kappa shape index (κ2) is 12.0. The highest BCUT2D eigenvalue weighted by molar-refractivity contribution is 5.68. The summed E-state index contributed by atoms with van der Waals surface area (Å²) < 4.78 is 45.8. The number of nitrogens with zero attached hydrogens (tertiary/aromatic N) is 2. The maximum atomic E-state index is 14.9. The van der Waals surface area contributed by atoms with E-state index in [0.717, 1.165) is 38.9 Å². The number of ether oxygens (including phenoxy) is 3. The minimum Gasteiger partial charge on any atom is -0.484 e. The number of carbonyl (C=O) groups is 2. The molecule has 2 fully saturated rings. The molecule has 7 nitrogen and oxygen atoms in total. The Hall–Kier alpha value is -2.42. The van der Waals surface area contributed by atoms with E-state index in [1.54, 1.807) is 4.90 Å². The third-order valence-electron chi connectivity index (χ3n) is 6.38. The van der Waals surface area contributed by atoms with Crippen molar-refractivity contribution in [1.82, 2.24) is 9.80 Å². The molecule has 0 radical (unpaired) electrons. The van der Waals surface area contributed by atoms with Gasteiger partial charge in [0.15, 0.2) is 17.4 Å². The highest BCUT2D eigenvalue weighted by Gasteiger charge is 2.29. The first kappa shape index (κ1) is 27.2. The number of benzene rings is 1. The Kier molecular flexibility index (Phi) is 9.33. The number of esters is 1. The Bertz CT molecular complexity index is 850. The lowest BCUT2D eigenvalue weighted by molar-refractivity contribution is -0.141. The van der Waals surface area contributed by atoms with E-state index in [1.807, 2.05) is 20.8 Å². The normalized spacial score (nSPS) is 18.4. The molecule has 1 amide bonds. The highest BCUT2D eigenvalue weighted by Crippen LogP contribution is 2.34. The molecule has 9 heteroatoms. The van der Waals surface area contributed by atoms with Crippen LogP contribution in [0.15, 0.2) is 12.1 Å². The van der Waals surface area contributed by atoms with Crippen LogP contribution >= 0.6 is 0 Å². The van der Waals surface area contributed by atoms with Gasteiger partial charge in [-0.1, -0.05) is 0 Å². The number of halogens is 2. The smallest absolute Gasteiger partial charge is 0.410 e. The minimum atomic E-state index is -0.682. The summed E-state index contributed by atoms with van der Waals surface area (Å²) in [4.78, 5) is 26.9. The van der Waals surface area contributed by atoms with Crippen molar-refractivity contribution in [3.63, 3.8) is 0 Å². The van der Waals surface area contributed by atoms with Gasteiger partial charge in [0.25, 0.3) is 0 Å². The topological polar surface area (TPSA) is 68.3 Å². The Morgan fingerprint density at radius 3 is 2.14 bits per heavy atom. The molecule has 2 aliphatic heterocycles. The number of likely N-dealkylation sites (tertiary alicyclic amines) is 2. The first-order chi connectivity index (χ1) is 16.5. The van der Waals surface area contributed by atoms with Crippen molar-refractivity contribution in [3.05, 3.63) is 29.3 Å². The number of piperidine rings is 2. The summed E-state index contributed by atoms with van der Waals surface area (Å²) in [7, 11) is 0. The molecule has 0 saturated carbocycles. The lowest BCUT2D eigenvalue weighted by atomic mass is 9.89. The molecule has 3 rings (SSSR count). The van der Waals surface area contributed by atoms with Crippen LogP contribution in [-0.4, -0.2) is 72.9 Å². The molecule has 0 atom stereocenters. The fourth-order valence-corrected chi connectivity index (χ4v) is 4.57. The maximum Gasteiger partial charge on any atom is 0.410 e. The molecule has 1 aromatic rings. The van der Waals surface area contributed by atoms with Crippen LogP contribution in [-0.2, 0) is 14.3 Å². The van der Waals surface area contributed by atoms with Gasteiger partial charge < -0.3 is 24.0 Å². The largest absolute Gasteiger partial charge is 0.484 e. The van der Waals surface area contributed by atoms with Crippen LogP contribution in [0.2, 0.25) is 0 Å². The second-order valence-electron chi connectivity index (χ2n) is 10.4. The third-order valence-corrected chi connectivity index (χ3v) is 6.38. The van der Waals surface area contributed by atoms with E-state index in [2.05, 4.69) is 4.90 Å². The van der Waals surface area contributed by atoms with Gasteiger partial charge in [-0.2, -0.15) is 0 Å². The van der Waals surface area contributed by atoms with Crippen LogP contribution in [0, 0.1) is 11.6 Å². The zero-order valence-electron chi connectivity index (χ0n) is 21.3. The predicted octanol–water partition coefficient (Wildman–Crippen LogP) is 4.88. The summed E-state index contributed by atoms with van der Waals surface area (Å²) in [6.45, 7) is 10.6. The van der Waals surface area contributed by atoms with Gasteiger partial charge in [-0.05, 0) is 76.7 Å². The minimum absolute atomic E-state index is 0.0924. The average Bonchev–Trinajstić information content (AvgIpc) is 2.78. The summed E-state index contributed by atoms with van der Waals surface area (Å²) in [6, 6.07) is 2.80. The predicted molar refractivity (Wildman–Crippen MR) is 127 cm³/mol. The Morgan fingerprint density at radius 1 is 1.00 bits per heavy atom. The SMILES string of the molecule is CC(=O)OCCCN1CCC(c2cc(F)c(OC3CCN(C(=O)OC(C)(C)C)CC3)c(F)c2)CC1. The van der Waals surface area contributed by atoms with Gasteiger partial charge in [0.2, 0.25) is 0 Å². The fraction of sp³-hybridized carbons (Fsp3) is 0.692. The molecule has 1 aromatic carbocycles. The van der Waals surface area contributed by atoms with Crippen molar-refractivity contribution in [1.29, 1.82) is 0 Å². The van der Waals surface area contributed by atoms with Crippen molar-refractivity contribution in [3.8, 4) is 5.75 Å². The first-order valence-corrected chi connectivity index (χ1v) is 12.5. The third kappa shape index (κ3) is 8.33. The number of amides is 1. The summed E-state index contributed by atoms with van der Waals surface area (Å²) in [6.07, 6.45) is 2.62. The zero-order valence-corrected chi connectivity index (χ0v) is 21.3. The molecule has 0 unspecified atom stereocenters. The van der Waals surface area contributed by atoms with Crippen LogP contribution < -0.4 is 4.74 Å². The number of hydrogen-bond donors (Lipinski definition) is 0. The summed E-state index contributed by atoms with van der Waals surface area (Å²) in [5, 5.41) is 0. The van der Waals surface area contributed by atoms with E-state index in [9.17, 15) is 18.4 Å². The number of rotatable bonds is 7. The van der Waals surface area contributed by atoms with Gasteiger partial charge in [0, 0.05) is 39.4 Å². The maximum absolute atomic E-state index is 14.9. The molecular formula is C26H38F2N2O5. The van der Waals surface area contributed by atoms with Crippen molar-refractivity contribution < 1.29 is 32.6 Å². The zero-order chi connectivity index (χ0) is 25.6. The molecule has 0 spiro atoms. The van der Waals surface area contributed by atoms with E-state index in [4.69, 9.17) is 14.2 Å². The molecule has 35 heavy (non-hydrogen) atoms. The van der Waals surface area contributed by atoms with Gasteiger partial charge in [0.1, 0.15) is 11.7 Å². The Balaban J connectivity index is 1.48. The van der Waals surface area contributed by atoms with Crippen LogP contribution in [0.3, 0.4) is 0 Å². The number of hydrogen-bond acceptors (Lipinski definition) is 6. The quantitative estimate of drug-likeness (QED) is 0.396. The van der Waals surface area contributed by atoms with E-state index in [1.165, 1.54) is 19.1 Å². The Labute approximate surface area is 206 Å².